The zero-order valence-electron chi connectivity index (χ0n) is 17.9. The molecule has 1 aliphatic heterocycles. The monoisotopic (exact) mass is 455 g/mol. The maximum atomic E-state index is 13.1. The maximum Gasteiger partial charge on any atom is 0.251 e. The van der Waals surface area contributed by atoms with Gasteiger partial charge in [-0.05, 0) is 49.7 Å². The summed E-state index contributed by atoms with van der Waals surface area (Å²) in [5.41, 5.74) is 2.06. The zero-order chi connectivity index (χ0) is 22.7. The van der Waals surface area contributed by atoms with Gasteiger partial charge in [-0.15, -0.1) is 0 Å². The summed E-state index contributed by atoms with van der Waals surface area (Å²) in [4.78, 5) is 16.7. The first-order chi connectivity index (χ1) is 15.3. The Morgan fingerprint density at radius 1 is 1.12 bits per heavy atom. The Kier molecular flexibility index (Phi) is 6.35. The van der Waals surface area contributed by atoms with Gasteiger partial charge in [0.1, 0.15) is 12.7 Å². The minimum absolute atomic E-state index is 0.101. The second kappa shape index (κ2) is 9.19. The van der Waals surface area contributed by atoms with Gasteiger partial charge in [-0.2, -0.15) is 9.40 Å². The molecule has 168 valence electrons. The lowest BCUT2D eigenvalue weighted by molar-refractivity contribution is -0.0440. The summed E-state index contributed by atoms with van der Waals surface area (Å²) < 4.78 is 34.9. The molecule has 2 atom stereocenters. The second-order valence-electron chi connectivity index (χ2n) is 7.80. The predicted molar refractivity (Wildman–Crippen MR) is 118 cm³/mol. The van der Waals surface area contributed by atoms with Gasteiger partial charge in [0.15, 0.2) is 0 Å². The van der Waals surface area contributed by atoms with E-state index in [0.29, 0.717) is 12.1 Å². The van der Waals surface area contributed by atoms with Crippen molar-refractivity contribution < 1.29 is 17.9 Å². The molecule has 1 N–H and O–H groups in total. The Morgan fingerprint density at radius 3 is 2.50 bits per heavy atom. The number of hydrogen-bond donors (Lipinski definition) is 1. The largest absolute Gasteiger partial charge is 0.373 e. The van der Waals surface area contributed by atoms with E-state index in [1.54, 1.807) is 23.1 Å². The topological polar surface area (TPSA) is 106 Å². The molecular formula is C22H25N5O4S. The summed E-state index contributed by atoms with van der Waals surface area (Å²) in [5.74, 6) is -0.342. The van der Waals surface area contributed by atoms with Gasteiger partial charge >= 0.3 is 0 Å². The van der Waals surface area contributed by atoms with Crippen LogP contribution < -0.4 is 5.32 Å². The number of amides is 1. The highest BCUT2D eigenvalue weighted by atomic mass is 32.2. The molecule has 1 amide bonds. The van der Waals surface area contributed by atoms with E-state index >= 15 is 0 Å². The average molecular weight is 456 g/mol. The number of benzene rings is 2. The molecule has 1 fully saturated rings. The molecule has 1 saturated heterocycles. The predicted octanol–water partition coefficient (Wildman–Crippen LogP) is 2.00. The highest BCUT2D eigenvalue weighted by Gasteiger charge is 2.32. The third-order valence-corrected chi connectivity index (χ3v) is 7.02. The Balaban J connectivity index is 1.43. The van der Waals surface area contributed by atoms with Crippen molar-refractivity contribution in [2.24, 2.45) is 0 Å². The number of morpholine rings is 1. The van der Waals surface area contributed by atoms with E-state index in [1.165, 1.54) is 22.8 Å². The highest BCUT2D eigenvalue weighted by Crippen LogP contribution is 2.22. The standard InChI is InChI=1S/C22H25N5O4S/c1-16-12-26(13-17(2)31-16)32(29,30)21-5-3-4-19(10-21)22(28)24-11-18-6-8-20(9-7-18)27-15-23-14-25-27/h3-10,14-17H,11-13H2,1-2H3,(H,24,28). The van der Waals surface area contributed by atoms with Gasteiger partial charge in [-0.25, -0.2) is 18.1 Å². The van der Waals surface area contributed by atoms with Crippen LogP contribution in [0.3, 0.4) is 0 Å². The minimum Gasteiger partial charge on any atom is -0.373 e. The molecule has 9 nitrogen and oxygen atoms in total. The molecule has 32 heavy (non-hydrogen) atoms. The minimum atomic E-state index is -3.72. The lowest BCUT2D eigenvalue weighted by Crippen LogP contribution is -2.48. The molecule has 0 spiro atoms. The summed E-state index contributed by atoms with van der Waals surface area (Å²) in [6, 6.07) is 13.7. The van der Waals surface area contributed by atoms with Crippen LogP contribution in [0.4, 0.5) is 0 Å². The van der Waals surface area contributed by atoms with Gasteiger partial charge in [0.2, 0.25) is 10.0 Å². The van der Waals surface area contributed by atoms with Crippen LogP contribution >= 0.6 is 0 Å². The number of rotatable bonds is 6. The highest BCUT2D eigenvalue weighted by molar-refractivity contribution is 7.89. The van der Waals surface area contributed by atoms with Crippen LogP contribution in [-0.4, -0.2) is 58.7 Å². The summed E-state index contributed by atoms with van der Waals surface area (Å²) in [5, 5.41) is 6.92. The van der Waals surface area contributed by atoms with Crippen LogP contribution in [0.5, 0.6) is 0 Å². The SMILES string of the molecule is CC1CN(S(=O)(=O)c2cccc(C(=O)NCc3ccc(-n4cncn4)cc3)c2)CC(C)O1. The van der Waals surface area contributed by atoms with Crippen molar-refractivity contribution in [2.45, 2.75) is 37.5 Å². The normalized spacial score (nSPS) is 19.6. The fourth-order valence-corrected chi connectivity index (χ4v) is 5.30. The van der Waals surface area contributed by atoms with Crippen LogP contribution in [0.25, 0.3) is 5.69 Å². The molecule has 1 aliphatic rings. The molecule has 2 heterocycles. The second-order valence-corrected chi connectivity index (χ2v) is 9.73. The molecule has 2 aromatic carbocycles. The molecule has 1 aromatic heterocycles. The zero-order valence-corrected chi connectivity index (χ0v) is 18.7. The van der Waals surface area contributed by atoms with Gasteiger partial charge in [0.05, 0.1) is 22.8 Å². The fraction of sp³-hybridized carbons (Fsp3) is 0.318. The molecule has 0 bridgehead atoms. The van der Waals surface area contributed by atoms with Crippen LogP contribution in [-0.2, 0) is 21.3 Å². The number of carbonyl (C=O) groups excluding carboxylic acids is 1. The fourth-order valence-electron chi connectivity index (χ4n) is 3.67. The lowest BCUT2D eigenvalue weighted by atomic mass is 10.2. The van der Waals surface area contributed by atoms with Gasteiger partial charge in [0.25, 0.3) is 5.91 Å². The van der Waals surface area contributed by atoms with Crippen molar-refractivity contribution >= 4 is 15.9 Å². The van der Waals surface area contributed by atoms with Gasteiger partial charge in [0, 0.05) is 25.2 Å². The number of carbonyl (C=O) groups is 1. The molecule has 0 saturated carbocycles. The quantitative estimate of drug-likeness (QED) is 0.609. The molecule has 10 heteroatoms. The number of nitrogens with one attached hydrogen (secondary N) is 1. The Morgan fingerprint density at radius 2 is 1.84 bits per heavy atom. The van der Waals surface area contributed by atoms with E-state index in [9.17, 15) is 13.2 Å². The van der Waals surface area contributed by atoms with Crippen molar-refractivity contribution in [3.63, 3.8) is 0 Å². The third-order valence-electron chi connectivity index (χ3n) is 5.19. The molecule has 0 aliphatic carbocycles. The first-order valence-electron chi connectivity index (χ1n) is 10.3. The number of nitrogens with zero attached hydrogens (tertiary/aromatic N) is 4. The Labute approximate surface area is 187 Å². The Bertz CT molecular complexity index is 1170. The third kappa shape index (κ3) is 4.87. The number of sulfonamides is 1. The van der Waals surface area contributed by atoms with E-state index in [0.717, 1.165) is 11.3 Å². The van der Waals surface area contributed by atoms with Gasteiger partial charge < -0.3 is 10.1 Å². The van der Waals surface area contributed by atoms with Crippen molar-refractivity contribution in [3.8, 4) is 5.69 Å². The van der Waals surface area contributed by atoms with E-state index < -0.39 is 10.0 Å². The van der Waals surface area contributed by atoms with Crippen LogP contribution in [0.1, 0.15) is 29.8 Å². The summed E-state index contributed by atoms with van der Waals surface area (Å²) >= 11 is 0. The van der Waals surface area contributed by atoms with E-state index in [2.05, 4.69) is 15.4 Å². The van der Waals surface area contributed by atoms with Crippen LogP contribution in [0, 0.1) is 0 Å². The van der Waals surface area contributed by atoms with Crippen molar-refractivity contribution in [1.82, 2.24) is 24.4 Å². The molecule has 3 aromatic rings. The summed E-state index contributed by atoms with van der Waals surface area (Å²) in [6.07, 6.45) is 2.70. The smallest absolute Gasteiger partial charge is 0.251 e. The average Bonchev–Trinajstić information content (AvgIpc) is 3.32. The van der Waals surface area contributed by atoms with E-state index in [1.807, 2.05) is 38.1 Å². The summed E-state index contributed by atoms with van der Waals surface area (Å²) in [7, 11) is -3.72. The number of aromatic nitrogens is 3. The molecule has 4 rings (SSSR count). The van der Waals surface area contributed by atoms with Gasteiger partial charge in [-0.1, -0.05) is 18.2 Å². The first-order valence-corrected chi connectivity index (χ1v) is 11.7. The maximum absolute atomic E-state index is 13.1. The van der Waals surface area contributed by atoms with Crippen molar-refractivity contribution in [3.05, 3.63) is 72.3 Å². The molecule has 0 radical (unpaired) electrons. The number of ether oxygens (including phenoxy) is 1. The first kappa shape index (κ1) is 22.1. The lowest BCUT2D eigenvalue weighted by Gasteiger charge is -2.34. The molecular weight excluding hydrogens is 430 g/mol. The molecule has 2 unspecified atom stereocenters. The summed E-state index contributed by atoms with van der Waals surface area (Å²) in [6.45, 7) is 4.58. The van der Waals surface area contributed by atoms with Crippen molar-refractivity contribution in [1.29, 1.82) is 0 Å². The van der Waals surface area contributed by atoms with E-state index in [-0.39, 0.29) is 36.1 Å². The Hall–Kier alpha value is -3.08. The van der Waals surface area contributed by atoms with E-state index in [4.69, 9.17) is 4.74 Å². The number of hydrogen-bond acceptors (Lipinski definition) is 6. The van der Waals surface area contributed by atoms with Crippen LogP contribution in [0.2, 0.25) is 0 Å². The van der Waals surface area contributed by atoms with Gasteiger partial charge in [-0.3, -0.25) is 4.79 Å². The van der Waals surface area contributed by atoms with Crippen molar-refractivity contribution in [2.75, 3.05) is 13.1 Å². The van der Waals surface area contributed by atoms with Crippen LogP contribution in [0.15, 0.2) is 66.1 Å².